The Hall–Kier alpha value is -2.32. The molecule has 9 nitrogen and oxygen atoms in total. The van der Waals surface area contributed by atoms with Crippen LogP contribution in [0.25, 0.3) is 0 Å². The topological polar surface area (TPSA) is 132 Å². The van der Waals surface area contributed by atoms with E-state index in [0.29, 0.717) is 25.0 Å². The highest BCUT2D eigenvalue weighted by molar-refractivity contribution is 5.89. The molecule has 3 rings (SSSR count). The monoisotopic (exact) mass is 379 g/mol. The molecule has 3 amide bonds. The number of nitrogens with zero attached hydrogens (tertiary/aromatic N) is 1. The third-order valence-electron chi connectivity index (χ3n) is 5.61. The molecule has 0 saturated heterocycles. The summed E-state index contributed by atoms with van der Waals surface area (Å²) in [5.74, 6) is -0.725. The van der Waals surface area contributed by atoms with E-state index in [2.05, 4.69) is 26.3 Å². The number of amides is 3. The zero-order chi connectivity index (χ0) is 19.2. The second-order valence-corrected chi connectivity index (χ2v) is 7.68. The van der Waals surface area contributed by atoms with Gasteiger partial charge in [-0.05, 0) is 32.1 Å². The third kappa shape index (κ3) is 5.58. The highest BCUT2D eigenvalue weighted by atomic mass is 16.4. The quantitative estimate of drug-likeness (QED) is 0.455. The summed E-state index contributed by atoms with van der Waals surface area (Å²) < 4.78 is 0. The second-order valence-electron chi connectivity index (χ2n) is 7.68. The summed E-state index contributed by atoms with van der Waals surface area (Å²) in [5, 5.41) is 20.2. The molecule has 9 heteroatoms. The first-order valence-corrected chi connectivity index (χ1v) is 9.88. The molecule has 2 aliphatic carbocycles. The predicted molar refractivity (Wildman–Crippen MR) is 99.5 cm³/mol. The highest BCUT2D eigenvalue weighted by Gasteiger charge is 2.31. The van der Waals surface area contributed by atoms with E-state index in [0.717, 1.165) is 37.9 Å². The fourth-order valence-corrected chi connectivity index (χ4v) is 4.25. The van der Waals surface area contributed by atoms with Crippen molar-refractivity contribution in [1.29, 1.82) is 0 Å². The minimum atomic E-state index is -1.06. The van der Waals surface area contributed by atoms with Crippen LogP contribution in [0.1, 0.15) is 51.4 Å². The maximum absolute atomic E-state index is 12.2. The first kappa shape index (κ1) is 19.4. The maximum atomic E-state index is 12.2. The summed E-state index contributed by atoms with van der Waals surface area (Å²) in [4.78, 5) is 39.4. The van der Waals surface area contributed by atoms with Gasteiger partial charge in [0.1, 0.15) is 12.4 Å². The summed E-state index contributed by atoms with van der Waals surface area (Å²) >= 11 is 0. The minimum absolute atomic E-state index is 0.0830. The zero-order valence-corrected chi connectivity index (χ0v) is 15.5. The van der Waals surface area contributed by atoms with E-state index in [-0.39, 0.29) is 30.4 Å². The van der Waals surface area contributed by atoms with E-state index in [1.807, 2.05) is 0 Å². The lowest BCUT2D eigenvalue weighted by Gasteiger charge is -2.29. The molecule has 1 heterocycles. The average Bonchev–Trinajstić information content (AvgIpc) is 3.07. The molecule has 5 N–H and O–H groups in total. The van der Waals surface area contributed by atoms with Crippen molar-refractivity contribution >= 4 is 23.7 Å². The van der Waals surface area contributed by atoms with Crippen LogP contribution in [0.4, 0.5) is 4.79 Å². The van der Waals surface area contributed by atoms with Crippen LogP contribution < -0.4 is 21.3 Å². The molecule has 150 valence electrons. The van der Waals surface area contributed by atoms with Gasteiger partial charge in [0.2, 0.25) is 5.91 Å². The molecule has 0 aromatic heterocycles. The summed E-state index contributed by atoms with van der Waals surface area (Å²) in [6.07, 6.45) is 7.59. The lowest BCUT2D eigenvalue weighted by atomic mass is 9.85. The third-order valence-corrected chi connectivity index (χ3v) is 5.61. The fraction of sp³-hybridized carbons (Fsp3) is 0.778. The molecule has 0 bridgehead atoms. The number of carboxylic acids is 1. The van der Waals surface area contributed by atoms with Gasteiger partial charge in [0.15, 0.2) is 0 Å². The summed E-state index contributed by atoms with van der Waals surface area (Å²) in [6.45, 7) is 0.0130. The van der Waals surface area contributed by atoms with Crippen LogP contribution in [0.5, 0.6) is 0 Å². The van der Waals surface area contributed by atoms with Crippen LogP contribution >= 0.6 is 0 Å². The van der Waals surface area contributed by atoms with E-state index in [1.54, 1.807) is 0 Å². The molecular weight excluding hydrogens is 350 g/mol. The normalized spacial score (nSPS) is 29.7. The lowest BCUT2D eigenvalue weighted by Crippen LogP contribution is -2.48. The van der Waals surface area contributed by atoms with Gasteiger partial charge in [-0.3, -0.25) is 14.6 Å². The molecule has 2 saturated carbocycles. The molecule has 2 fully saturated rings. The Balaban J connectivity index is 1.38. The van der Waals surface area contributed by atoms with Gasteiger partial charge in [0.05, 0.1) is 12.6 Å². The second kappa shape index (κ2) is 9.05. The number of aliphatic carboxylic acids is 1. The molecule has 0 radical (unpaired) electrons. The van der Waals surface area contributed by atoms with Gasteiger partial charge in [0.25, 0.3) is 0 Å². The van der Waals surface area contributed by atoms with Crippen molar-refractivity contribution in [2.45, 2.75) is 69.5 Å². The number of carboxylic acid groups (broad SMARTS) is 1. The summed E-state index contributed by atoms with van der Waals surface area (Å²) in [6, 6.07) is 0.426. The van der Waals surface area contributed by atoms with E-state index in [1.165, 1.54) is 12.8 Å². The van der Waals surface area contributed by atoms with Crippen molar-refractivity contribution in [2.75, 3.05) is 13.1 Å². The number of amidine groups is 1. The molecule has 27 heavy (non-hydrogen) atoms. The highest BCUT2D eigenvalue weighted by Crippen LogP contribution is 2.25. The molecule has 0 aromatic rings. The first-order valence-electron chi connectivity index (χ1n) is 9.88. The minimum Gasteiger partial charge on any atom is -0.480 e. The van der Waals surface area contributed by atoms with E-state index in [9.17, 15) is 14.4 Å². The smallest absolute Gasteiger partial charge is 0.322 e. The van der Waals surface area contributed by atoms with Crippen molar-refractivity contribution in [1.82, 2.24) is 21.3 Å². The van der Waals surface area contributed by atoms with Gasteiger partial charge in [-0.1, -0.05) is 19.3 Å². The van der Waals surface area contributed by atoms with Crippen LogP contribution in [0, 0.1) is 5.92 Å². The number of aliphatic imine (C=N–C) groups is 1. The molecule has 0 spiro atoms. The summed E-state index contributed by atoms with van der Waals surface area (Å²) in [7, 11) is 0. The number of carbonyl (C=O) groups is 3. The Morgan fingerprint density at radius 1 is 1.07 bits per heavy atom. The number of carbonyl (C=O) groups excluding carboxylic acids is 2. The number of rotatable bonds is 6. The Morgan fingerprint density at radius 2 is 1.89 bits per heavy atom. The van der Waals surface area contributed by atoms with Crippen LogP contribution in [-0.4, -0.2) is 60.1 Å². The summed E-state index contributed by atoms with van der Waals surface area (Å²) in [5.41, 5.74) is 0. The van der Waals surface area contributed by atoms with E-state index < -0.39 is 5.97 Å². The van der Waals surface area contributed by atoms with Crippen LogP contribution in [-0.2, 0) is 9.59 Å². The van der Waals surface area contributed by atoms with Crippen LogP contribution in [0.15, 0.2) is 4.99 Å². The van der Waals surface area contributed by atoms with Gasteiger partial charge in [-0.2, -0.15) is 0 Å². The number of hydrogen-bond acceptors (Lipinski definition) is 5. The maximum Gasteiger partial charge on any atom is 0.322 e. The Labute approximate surface area is 158 Å². The molecule has 1 aliphatic heterocycles. The Kier molecular flexibility index (Phi) is 6.52. The molecule has 3 aliphatic rings. The SMILES string of the molecule is O=C(O)CNC(=O)C1CCCC(NC(=O)NCC2=NC3CCCCC3N2)C1. The van der Waals surface area contributed by atoms with Gasteiger partial charge in [-0.15, -0.1) is 0 Å². The molecule has 4 atom stereocenters. The number of hydrogen-bond donors (Lipinski definition) is 5. The van der Waals surface area contributed by atoms with Crippen molar-refractivity contribution < 1.29 is 19.5 Å². The Bertz CT molecular complexity index is 609. The number of fused-ring (bicyclic) bond motifs is 1. The van der Waals surface area contributed by atoms with Crippen molar-refractivity contribution in [3.8, 4) is 0 Å². The van der Waals surface area contributed by atoms with Crippen molar-refractivity contribution in [3.05, 3.63) is 0 Å². The van der Waals surface area contributed by atoms with E-state index in [4.69, 9.17) is 5.11 Å². The van der Waals surface area contributed by atoms with Gasteiger partial charge >= 0.3 is 12.0 Å². The van der Waals surface area contributed by atoms with Crippen molar-refractivity contribution in [3.63, 3.8) is 0 Å². The van der Waals surface area contributed by atoms with Gasteiger partial charge in [0, 0.05) is 18.0 Å². The van der Waals surface area contributed by atoms with Crippen molar-refractivity contribution in [2.24, 2.45) is 10.9 Å². The number of urea groups is 1. The number of nitrogens with one attached hydrogen (secondary N) is 4. The predicted octanol–water partition coefficient (Wildman–Crippen LogP) is 0.358. The molecule has 0 aromatic carbocycles. The van der Waals surface area contributed by atoms with Gasteiger partial charge < -0.3 is 26.4 Å². The zero-order valence-electron chi connectivity index (χ0n) is 15.5. The molecular formula is C18H29N5O4. The fourth-order valence-electron chi connectivity index (χ4n) is 4.25. The average molecular weight is 379 g/mol. The molecule has 4 unspecified atom stereocenters. The van der Waals surface area contributed by atoms with Crippen LogP contribution in [0.3, 0.4) is 0 Å². The standard InChI is InChI=1S/C18H29N5O4/c24-16(25)10-19-17(26)11-4-3-5-12(8-11)21-18(27)20-9-15-22-13-6-1-2-7-14(13)23-15/h11-14H,1-10H2,(H,19,26)(H,22,23)(H,24,25)(H2,20,21,27). The lowest BCUT2D eigenvalue weighted by molar-refractivity contribution is -0.138. The van der Waals surface area contributed by atoms with Crippen LogP contribution in [0.2, 0.25) is 0 Å². The van der Waals surface area contributed by atoms with Gasteiger partial charge in [-0.25, -0.2) is 4.79 Å². The van der Waals surface area contributed by atoms with E-state index >= 15 is 0 Å². The first-order chi connectivity index (χ1) is 13.0. The largest absolute Gasteiger partial charge is 0.480 e. The Morgan fingerprint density at radius 3 is 2.67 bits per heavy atom.